The number of hydrogen-bond acceptors (Lipinski definition) is 3. The summed E-state index contributed by atoms with van der Waals surface area (Å²) in [5.74, 6) is 0.437. The highest BCUT2D eigenvalue weighted by Gasteiger charge is 2.27. The van der Waals surface area contributed by atoms with E-state index in [1.54, 1.807) is 12.1 Å². The van der Waals surface area contributed by atoms with Gasteiger partial charge in [-0.1, -0.05) is 12.1 Å². The maximum atomic E-state index is 12.5. The molecule has 0 spiro atoms. The predicted molar refractivity (Wildman–Crippen MR) is 56.5 cm³/mol. The van der Waals surface area contributed by atoms with Crippen molar-refractivity contribution in [3.05, 3.63) is 35.6 Å². The molecule has 0 N–H and O–H groups in total. The van der Waals surface area contributed by atoms with E-state index in [-0.39, 0.29) is 5.82 Å². The number of Topliss-reactive ketones (excluding diaryl/α,β-unsaturated/α-hetero) is 1. The van der Waals surface area contributed by atoms with Crippen molar-refractivity contribution in [3.8, 4) is 0 Å². The van der Waals surface area contributed by atoms with Crippen LogP contribution >= 0.6 is 0 Å². The van der Waals surface area contributed by atoms with Crippen LogP contribution in [0, 0.1) is 5.82 Å². The Balaban J connectivity index is 0.000000280. The number of ether oxygens (including phenoxy) is 1. The van der Waals surface area contributed by atoms with Gasteiger partial charge < -0.3 is 4.74 Å². The minimum absolute atomic E-state index is 0.218. The third-order valence-electron chi connectivity index (χ3n) is 2.39. The topological polar surface area (TPSA) is 43.4 Å². The van der Waals surface area contributed by atoms with Crippen molar-refractivity contribution in [1.82, 2.24) is 0 Å². The molecule has 0 radical (unpaired) electrons. The number of halogens is 1. The van der Waals surface area contributed by atoms with Crippen LogP contribution in [0.5, 0.6) is 0 Å². The average Bonchev–Trinajstić information content (AvgIpc) is 2.27. The summed E-state index contributed by atoms with van der Waals surface area (Å²) in [6, 6.07) is 6.40. The fourth-order valence-electron chi connectivity index (χ4n) is 1.46. The Morgan fingerprint density at radius 2 is 1.81 bits per heavy atom. The smallest absolute Gasteiger partial charge is 0.292 e. The van der Waals surface area contributed by atoms with Gasteiger partial charge in [-0.25, -0.2) is 4.39 Å². The number of benzene rings is 1. The van der Waals surface area contributed by atoms with Gasteiger partial charge in [0.1, 0.15) is 11.6 Å². The maximum Gasteiger partial charge on any atom is 0.292 e. The van der Waals surface area contributed by atoms with Gasteiger partial charge in [-0.2, -0.15) is 0 Å². The van der Waals surface area contributed by atoms with E-state index in [4.69, 9.17) is 4.79 Å². The minimum Gasteiger partial charge on any atom is -0.471 e. The Morgan fingerprint density at radius 3 is 2.19 bits per heavy atom. The highest BCUT2D eigenvalue weighted by molar-refractivity contribution is 5.86. The van der Waals surface area contributed by atoms with Crippen molar-refractivity contribution in [2.45, 2.75) is 18.8 Å². The molecule has 1 saturated carbocycles. The zero-order valence-electron chi connectivity index (χ0n) is 8.98. The lowest BCUT2D eigenvalue weighted by Gasteiger charge is -2.24. The molecular weight excluding hydrogens is 211 g/mol. The number of carbonyl (C=O) groups is 2. The summed E-state index contributed by atoms with van der Waals surface area (Å²) >= 11 is 0. The first kappa shape index (κ1) is 12.4. The van der Waals surface area contributed by atoms with E-state index in [0.717, 1.165) is 5.56 Å². The van der Waals surface area contributed by atoms with E-state index in [1.807, 2.05) is 0 Å². The highest BCUT2D eigenvalue weighted by atomic mass is 19.1. The average molecular weight is 224 g/mol. The Hall–Kier alpha value is -1.71. The molecule has 0 saturated heterocycles. The quantitative estimate of drug-likeness (QED) is 0.722. The Bertz CT molecular complexity index is 351. The normalized spacial score (nSPS) is 14.5. The minimum atomic E-state index is -0.218. The van der Waals surface area contributed by atoms with Gasteiger partial charge in [0.2, 0.25) is 0 Å². The van der Waals surface area contributed by atoms with Crippen molar-refractivity contribution in [3.63, 3.8) is 0 Å². The van der Waals surface area contributed by atoms with Gasteiger partial charge in [-0.05, 0) is 23.6 Å². The van der Waals surface area contributed by atoms with Crippen LogP contribution in [0.15, 0.2) is 24.3 Å². The molecule has 16 heavy (non-hydrogen) atoms. The van der Waals surface area contributed by atoms with Crippen LogP contribution in [-0.4, -0.2) is 19.4 Å². The van der Waals surface area contributed by atoms with Gasteiger partial charge in [0.25, 0.3) is 6.47 Å². The van der Waals surface area contributed by atoms with Gasteiger partial charge in [0, 0.05) is 12.8 Å². The zero-order valence-corrected chi connectivity index (χ0v) is 8.98. The molecule has 0 aliphatic heterocycles. The summed E-state index contributed by atoms with van der Waals surface area (Å²) in [6.45, 7) is 0.375. The number of hydrogen-bond donors (Lipinski definition) is 0. The summed E-state index contributed by atoms with van der Waals surface area (Å²) in [5, 5.41) is 0. The molecule has 4 heteroatoms. The Labute approximate surface area is 93.2 Å². The highest BCUT2D eigenvalue weighted by Crippen LogP contribution is 2.33. The van der Waals surface area contributed by atoms with Crippen LogP contribution in [0.3, 0.4) is 0 Å². The predicted octanol–water partition coefficient (Wildman–Crippen LogP) is 2.06. The zero-order chi connectivity index (χ0) is 12.0. The number of methoxy groups -OCH3 is 1. The van der Waals surface area contributed by atoms with Crippen LogP contribution in [0.2, 0.25) is 0 Å². The molecule has 3 nitrogen and oxygen atoms in total. The molecular formula is C12H13FO3. The molecule has 0 aromatic heterocycles. The van der Waals surface area contributed by atoms with Crippen LogP contribution in [0.4, 0.5) is 4.39 Å². The van der Waals surface area contributed by atoms with Gasteiger partial charge in [0.15, 0.2) is 0 Å². The van der Waals surface area contributed by atoms with E-state index in [1.165, 1.54) is 19.2 Å². The molecule has 1 fully saturated rings. The Kier molecular flexibility index (Phi) is 4.64. The van der Waals surface area contributed by atoms with E-state index < -0.39 is 0 Å². The van der Waals surface area contributed by atoms with Crippen LogP contribution in [0.1, 0.15) is 24.3 Å². The summed E-state index contributed by atoms with van der Waals surface area (Å²) < 4.78 is 16.3. The molecule has 1 aromatic carbocycles. The number of carbonyl (C=O) groups excluding carboxylic acids is 2. The van der Waals surface area contributed by atoms with Gasteiger partial charge >= 0.3 is 0 Å². The lowest BCUT2D eigenvalue weighted by atomic mass is 9.79. The second kappa shape index (κ2) is 6.00. The monoisotopic (exact) mass is 224 g/mol. The Morgan fingerprint density at radius 1 is 1.31 bits per heavy atom. The second-order valence-corrected chi connectivity index (χ2v) is 3.53. The third-order valence-corrected chi connectivity index (χ3v) is 2.39. The maximum absolute atomic E-state index is 12.5. The first-order chi connectivity index (χ1) is 7.67. The molecule has 0 atom stereocenters. The van der Waals surface area contributed by atoms with E-state index in [0.29, 0.717) is 31.0 Å². The van der Waals surface area contributed by atoms with Gasteiger partial charge in [-0.3, -0.25) is 9.59 Å². The van der Waals surface area contributed by atoms with Crippen molar-refractivity contribution >= 4 is 12.3 Å². The van der Waals surface area contributed by atoms with Gasteiger partial charge in [0.05, 0.1) is 7.11 Å². The molecule has 1 aliphatic rings. The summed E-state index contributed by atoms with van der Waals surface area (Å²) in [4.78, 5) is 19.6. The van der Waals surface area contributed by atoms with Gasteiger partial charge in [-0.15, -0.1) is 0 Å². The van der Waals surface area contributed by atoms with E-state index in [9.17, 15) is 9.18 Å². The van der Waals surface area contributed by atoms with E-state index >= 15 is 0 Å². The van der Waals surface area contributed by atoms with Crippen molar-refractivity contribution in [2.24, 2.45) is 0 Å². The largest absolute Gasteiger partial charge is 0.471 e. The molecule has 0 amide bonds. The fourth-order valence-corrected chi connectivity index (χ4v) is 1.46. The lowest BCUT2D eigenvalue weighted by molar-refractivity contribution is -0.126. The van der Waals surface area contributed by atoms with Crippen molar-refractivity contribution < 1.29 is 18.7 Å². The molecule has 0 bridgehead atoms. The summed E-state index contributed by atoms with van der Waals surface area (Å²) in [6.07, 6.45) is 1.26. The molecule has 2 rings (SSSR count). The molecule has 1 aromatic rings. The van der Waals surface area contributed by atoms with Crippen LogP contribution in [-0.2, 0) is 14.3 Å². The lowest BCUT2D eigenvalue weighted by Crippen LogP contribution is -2.20. The van der Waals surface area contributed by atoms with Crippen molar-refractivity contribution in [2.75, 3.05) is 7.11 Å². The summed E-state index contributed by atoms with van der Waals surface area (Å²) in [5.41, 5.74) is 1.08. The molecule has 0 unspecified atom stereocenters. The van der Waals surface area contributed by atoms with Crippen LogP contribution < -0.4 is 0 Å². The standard InChI is InChI=1S/C10H9FO.C2H4O2/c11-9-3-1-7(2-4-9)8-5-10(12)6-8;1-4-2-3/h1-4,8H,5-6H2;2H,1H3. The third kappa shape index (κ3) is 3.46. The molecule has 1 aliphatic carbocycles. The van der Waals surface area contributed by atoms with Crippen LogP contribution in [0.25, 0.3) is 0 Å². The molecule has 0 heterocycles. The molecule has 86 valence electrons. The SMILES string of the molecule is COC=O.O=C1CC(c2ccc(F)cc2)C1. The van der Waals surface area contributed by atoms with Crippen molar-refractivity contribution in [1.29, 1.82) is 0 Å². The second-order valence-electron chi connectivity index (χ2n) is 3.53. The summed E-state index contributed by atoms with van der Waals surface area (Å²) in [7, 11) is 1.31. The first-order valence-corrected chi connectivity index (χ1v) is 4.91. The first-order valence-electron chi connectivity index (χ1n) is 4.91. The number of ketones is 1. The fraction of sp³-hybridized carbons (Fsp3) is 0.333. The number of rotatable bonds is 2. The van der Waals surface area contributed by atoms with E-state index in [2.05, 4.69) is 4.74 Å².